The van der Waals surface area contributed by atoms with E-state index in [1.165, 1.54) is 0 Å². The van der Waals surface area contributed by atoms with Crippen molar-refractivity contribution in [2.75, 3.05) is 40.3 Å². The highest BCUT2D eigenvalue weighted by Gasteiger charge is 1.98. The van der Waals surface area contributed by atoms with E-state index in [1.807, 2.05) is 25.1 Å². The van der Waals surface area contributed by atoms with E-state index in [-0.39, 0.29) is 0 Å². The van der Waals surface area contributed by atoms with Gasteiger partial charge in [0.1, 0.15) is 5.75 Å². The van der Waals surface area contributed by atoms with E-state index in [0.717, 1.165) is 43.4 Å². The van der Waals surface area contributed by atoms with Crippen molar-refractivity contribution in [3.8, 4) is 5.75 Å². The number of guanidine groups is 1. The Kier molecular flexibility index (Phi) is 9.55. The molecule has 5 nitrogen and oxygen atoms in total. The van der Waals surface area contributed by atoms with Gasteiger partial charge >= 0.3 is 0 Å². The first-order valence-electron chi connectivity index (χ1n) is 8.15. The fourth-order valence-corrected chi connectivity index (χ4v) is 1.94. The van der Waals surface area contributed by atoms with E-state index < -0.39 is 0 Å². The van der Waals surface area contributed by atoms with Gasteiger partial charge in [0.2, 0.25) is 0 Å². The highest BCUT2D eigenvalue weighted by atomic mass is 16.5. The second-order valence-electron chi connectivity index (χ2n) is 5.51. The van der Waals surface area contributed by atoms with Crippen molar-refractivity contribution in [1.29, 1.82) is 0 Å². The summed E-state index contributed by atoms with van der Waals surface area (Å²) >= 11 is 0. The molecule has 5 heteroatoms. The predicted octanol–water partition coefficient (Wildman–Crippen LogP) is 2.26. The summed E-state index contributed by atoms with van der Waals surface area (Å²) in [6.07, 6.45) is 2.84. The van der Waals surface area contributed by atoms with Gasteiger partial charge in [0, 0.05) is 19.6 Å². The minimum absolute atomic E-state index is 0.632. The molecule has 1 aromatic rings. The maximum atomic E-state index is 5.73. The molecule has 23 heavy (non-hydrogen) atoms. The molecule has 0 saturated carbocycles. The van der Waals surface area contributed by atoms with Gasteiger partial charge in [-0.25, -0.2) is 4.99 Å². The third-order valence-corrected chi connectivity index (χ3v) is 3.12. The number of rotatable bonds is 10. The quantitative estimate of drug-likeness (QED) is 0.301. The smallest absolute Gasteiger partial charge is 0.191 e. The molecule has 0 aliphatic carbocycles. The summed E-state index contributed by atoms with van der Waals surface area (Å²) in [5, 5.41) is 6.39. The standard InChI is InChI=1S/C18H30N4O/c1-5-12-20-18(19-6-2)21-15-16-8-10-17(11-9-16)23-14-7-13-22(3)4/h5,8-11H,1,6-7,12-15H2,2-4H3,(H2,19,20,21). The zero-order valence-electron chi connectivity index (χ0n) is 14.6. The molecule has 1 rings (SSSR count). The Balaban J connectivity index is 2.44. The zero-order valence-corrected chi connectivity index (χ0v) is 14.6. The summed E-state index contributed by atoms with van der Waals surface area (Å²) in [6.45, 7) is 9.70. The molecule has 0 heterocycles. The molecule has 1 aromatic carbocycles. The summed E-state index contributed by atoms with van der Waals surface area (Å²) in [6, 6.07) is 8.12. The SMILES string of the molecule is C=CCNC(=NCc1ccc(OCCCN(C)C)cc1)NCC. The van der Waals surface area contributed by atoms with Crippen LogP contribution in [0.5, 0.6) is 5.75 Å². The molecule has 0 amide bonds. The Morgan fingerprint density at radius 1 is 1.26 bits per heavy atom. The molecule has 0 aliphatic rings. The Labute approximate surface area is 140 Å². The fraction of sp³-hybridized carbons (Fsp3) is 0.500. The van der Waals surface area contributed by atoms with Gasteiger partial charge in [0.15, 0.2) is 5.96 Å². The fourth-order valence-electron chi connectivity index (χ4n) is 1.94. The highest BCUT2D eigenvalue weighted by molar-refractivity contribution is 5.79. The van der Waals surface area contributed by atoms with Crippen molar-refractivity contribution < 1.29 is 4.74 Å². The number of ether oxygens (including phenoxy) is 1. The maximum absolute atomic E-state index is 5.73. The minimum atomic E-state index is 0.632. The molecule has 0 saturated heterocycles. The highest BCUT2D eigenvalue weighted by Crippen LogP contribution is 2.13. The van der Waals surface area contributed by atoms with E-state index in [1.54, 1.807) is 0 Å². The van der Waals surface area contributed by atoms with Crippen LogP contribution in [0.15, 0.2) is 41.9 Å². The van der Waals surface area contributed by atoms with Gasteiger partial charge in [0.25, 0.3) is 0 Å². The average molecular weight is 318 g/mol. The molecule has 0 fully saturated rings. The van der Waals surface area contributed by atoms with Crippen LogP contribution in [0.1, 0.15) is 18.9 Å². The summed E-state index contributed by atoms with van der Waals surface area (Å²) < 4.78 is 5.73. The average Bonchev–Trinajstić information content (AvgIpc) is 2.55. The number of nitrogens with zero attached hydrogens (tertiary/aromatic N) is 2. The molecule has 0 radical (unpaired) electrons. The van der Waals surface area contributed by atoms with Crippen LogP contribution in [-0.4, -0.2) is 51.2 Å². The van der Waals surface area contributed by atoms with Crippen LogP contribution in [0, 0.1) is 0 Å². The first kappa shape index (κ1) is 19.0. The van der Waals surface area contributed by atoms with Crippen molar-refractivity contribution in [3.63, 3.8) is 0 Å². The van der Waals surface area contributed by atoms with E-state index in [9.17, 15) is 0 Å². The molecule has 2 N–H and O–H groups in total. The lowest BCUT2D eigenvalue weighted by molar-refractivity contribution is 0.281. The molecule has 0 spiro atoms. The van der Waals surface area contributed by atoms with Gasteiger partial charge < -0.3 is 20.3 Å². The second kappa shape index (κ2) is 11.5. The third kappa shape index (κ3) is 8.88. The summed E-state index contributed by atoms with van der Waals surface area (Å²) in [4.78, 5) is 6.71. The van der Waals surface area contributed by atoms with Gasteiger partial charge in [-0.3, -0.25) is 0 Å². The van der Waals surface area contributed by atoms with Gasteiger partial charge in [-0.1, -0.05) is 18.2 Å². The molecule has 0 aromatic heterocycles. The van der Waals surface area contributed by atoms with Gasteiger partial charge in [-0.15, -0.1) is 6.58 Å². The largest absolute Gasteiger partial charge is 0.494 e. The maximum Gasteiger partial charge on any atom is 0.191 e. The molecular formula is C18H30N4O. The van der Waals surface area contributed by atoms with Crippen molar-refractivity contribution in [3.05, 3.63) is 42.5 Å². The van der Waals surface area contributed by atoms with Crippen LogP contribution in [0.3, 0.4) is 0 Å². The summed E-state index contributed by atoms with van der Waals surface area (Å²) in [5.74, 6) is 1.71. The van der Waals surface area contributed by atoms with E-state index in [0.29, 0.717) is 13.1 Å². The molecule has 0 atom stereocenters. The monoisotopic (exact) mass is 318 g/mol. The van der Waals surface area contributed by atoms with Crippen LogP contribution in [0.2, 0.25) is 0 Å². The van der Waals surface area contributed by atoms with E-state index >= 15 is 0 Å². The number of hydrogen-bond donors (Lipinski definition) is 2. The Bertz CT molecular complexity index is 468. The number of aliphatic imine (C=N–C) groups is 1. The summed E-state index contributed by atoms with van der Waals surface area (Å²) in [7, 11) is 4.14. The van der Waals surface area contributed by atoms with Crippen LogP contribution in [0.25, 0.3) is 0 Å². The molecule has 128 valence electrons. The second-order valence-corrected chi connectivity index (χ2v) is 5.51. The van der Waals surface area contributed by atoms with E-state index in [2.05, 4.69) is 53.3 Å². The van der Waals surface area contributed by atoms with Gasteiger partial charge in [-0.2, -0.15) is 0 Å². The van der Waals surface area contributed by atoms with Gasteiger partial charge in [-0.05, 0) is 45.1 Å². The van der Waals surface area contributed by atoms with Crippen molar-refractivity contribution in [2.24, 2.45) is 4.99 Å². The predicted molar refractivity (Wildman–Crippen MR) is 98.1 cm³/mol. The molecular weight excluding hydrogens is 288 g/mol. The molecule has 0 aliphatic heterocycles. The Hall–Kier alpha value is -2.01. The van der Waals surface area contributed by atoms with Crippen LogP contribution < -0.4 is 15.4 Å². The lowest BCUT2D eigenvalue weighted by Crippen LogP contribution is -2.37. The number of hydrogen-bond acceptors (Lipinski definition) is 3. The number of benzene rings is 1. The summed E-state index contributed by atoms with van der Waals surface area (Å²) in [5.41, 5.74) is 1.15. The molecule has 0 unspecified atom stereocenters. The normalized spacial score (nSPS) is 11.4. The van der Waals surface area contributed by atoms with Crippen LogP contribution in [0.4, 0.5) is 0 Å². The van der Waals surface area contributed by atoms with Gasteiger partial charge in [0.05, 0.1) is 13.2 Å². The Morgan fingerprint density at radius 2 is 2.00 bits per heavy atom. The number of nitrogens with one attached hydrogen (secondary N) is 2. The van der Waals surface area contributed by atoms with Crippen molar-refractivity contribution >= 4 is 5.96 Å². The Morgan fingerprint density at radius 3 is 2.61 bits per heavy atom. The zero-order chi connectivity index (χ0) is 16.9. The molecule has 0 bridgehead atoms. The third-order valence-electron chi connectivity index (χ3n) is 3.12. The van der Waals surface area contributed by atoms with Crippen LogP contribution >= 0.6 is 0 Å². The first-order chi connectivity index (χ1) is 11.2. The lowest BCUT2D eigenvalue weighted by Gasteiger charge is -2.11. The minimum Gasteiger partial charge on any atom is -0.494 e. The first-order valence-corrected chi connectivity index (χ1v) is 8.15. The lowest BCUT2D eigenvalue weighted by atomic mass is 10.2. The van der Waals surface area contributed by atoms with E-state index in [4.69, 9.17) is 4.74 Å². The van der Waals surface area contributed by atoms with Crippen LogP contribution in [-0.2, 0) is 6.54 Å². The van der Waals surface area contributed by atoms with Crippen molar-refractivity contribution in [2.45, 2.75) is 19.9 Å². The topological polar surface area (TPSA) is 48.9 Å². The van der Waals surface area contributed by atoms with Crippen molar-refractivity contribution in [1.82, 2.24) is 15.5 Å².